The van der Waals surface area contributed by atoms with Gasteiger partial charge in [-0.1, -0.05) is 0 Å². The number of rotatable bonds is 3. The Morgan fingerprint density at radius 1 is 1.05 bits per heavy atom. The third-order valence-electron chi connectivity index (χ3n) is 5.15. The number of nitrogens with one attached hydrogen (secondary N) is 1. The van der Waals surface area contributed by atoms with Gasteiger partial charge in [0.05, 0.1) is 0 Å². The molecule has 3 fully saturated rings. The van der Waals surface area contributed by atoms with Gasteiger partial charge in [0.25, 0.3) is 0 Å². The summed E-state index contributed by atoms with van der Waals surface area (Å²) in [6, 6.07) is 1.49. The fourth-order valence-electron chi connectivity index (χ4n) is 3.60. The molecule has 1 N–H and O–H groups in total. The van der Waals surface area contributed by atoms with Crippen molar-refractivity contribution in [2.24, 2.45) is 5.92 Å². The van der Waals surface area contributed by atoms with E-state index in [1.54, 1.807) is 0 Å². The van der Waals surface area contributed by atoms with E-state index in [4.69, 9.17) is 0 Å². The van der Waals surface area contributed by atoms with E-state index in [0.29, 0.717) is 0 Å². The average Bonchev–Trinajstić information content (AvgIpc) is 3.20. The van der Waals surface area contributed by atoms with Gasteiger partial charge in [0.15, 0.2) is 0 Å². The predicted molar refractivity (Wildman–Crippen MR) is 79.5 cm³/mol. The molecule has 4 nitrogen and oxygen atoms in total. The molecule has 1 saturated carbocycles. The molecule has 2 atom stereocenters. The number of piperazine rings is 1. The molecule has 4 heteroatoms. The molecule has 1 aliphatic carbocycles. The summed E-state index contributed by atoms with van der Waals surface area (Å²) in [6.45, 7) is 8.71. The van der Waals surface area contributed by atoms with Crippen molar-refractivity contribution >= 4 is 0 Å². The molecule has 2 heterocycles. The highest BCUT2D eigenvalue weighted by Crippen LogP contribution is 2.33. The molecule has 2 aliphatic heterocycles. The van der Waals surface area contributed by atoms with E-state index in [9.17, 15) is 0 Å². The standard InChI is InChI=1S/C15H30N4/c1-17-8-9-18(2)14(10-17)11-19-7-3-6-16-15(12-19)13-4-5-13/h13-16H,3-12H2,1-2H3. The number of nitrogens with zero attached hydrogens (tertiary/aromatic N) is 3. The van der Waals surface area contributed by atoms with Crippen LogP contribution in [0, 0.1) is 5.92 Å². The Labute approximate surface area is 118 Å². The van der Waals surface area contributed by atoms with Gasteiger partial charge in [-0.2, -0.15) is 0 Å². The van der Waals surface area contributed by atoms with Crippen LogP contribution in [0.1, 0.15) is 19.3 Å². The zero-order valence-corrected chi connectivity index (χ0v) is 12.6. The van der Waals surface area contributed by atoms with Crippen molar-refractivity contribution in [2.45, 2.75) is 31.3 Å². The van der Waals surface area contributed by atoms with Crippen LogP contribution in [0.5, 0.6) is 0 Å². The first-order valence-electron chi connectivity index (χ1n) is 8.07. The predicted octanol–water partition coefficient (Wildman–Crippen LogP) is 0.306. The highest BCUT2D eigenvalue weighted by Gasteiger charge is 2.34. The van der Waals surface area contributed by atoms with Gasteiger partial charge < -0.3 is 15.1 Å². The molecule has 0 radical (unpaired) electrons. The van der Waals surface area contributed by atoms with Crippen molar-refractivity contribution in [3.05, 3.63) is 0 Å². The first-order chi connectivity index (χ1) is 9.22. The molecular formula is C15H30N4. The van der Waals surface area contributed by atoms with Crippen LogP contribution < -0.4 is 5.32 Å². The third kappa shape index (κ3) is 3.69. The van der Waals surface area contributed by atoms with Crippen molar-refractivity contribution in [2.75, 3.05) is 59.9 Å². The minimum Gasteiger partial charge on any atom is -0.312 e. The number of hydrogen-bond acceptors (Lipinski definition) is 4. The second-order valence-electron chi connectivity index (χ2n) is 6.91. The highest BCUT2D eigenvalue weighted by molar-refractivity contribution is 4.91. The molecule has 0 spiro atoms. The number of hydrogen-bond donors (Lipinski definition) is 1. The van der Waals surface area contributed by atoms with Gasteiger partial charge in [-0.15, -0.1) is 0 Å². The minimum atomic E-state index is 0.719. The van der Waals surface area contributed by atoms with Gasteiger partial charge in [-0.25, -0.2) is 0 Å². The molecule has 0 aromatic rings. The zero-order valence-electron chi connectivity index (χ0n) is 12.6. The minimum absolute atomic E-state index is 0.719. The van der Waals surface area contributed by atoms with Gasteiger partial charge in [0.1, 0.15) is 0 Å². The lowest BCUT2D eigenvalue weighted by Gasteiger charge is -2.40. The molecule has 110 valence electrons. The Kier molecular flexibility index (Phi) is 4.42. The van der Waals surface area contributed by atoms with Crippen molar-refractivity contribution in [3.63, 3.8) is 0 Å². The molecule has 0 aromatic heterocycles. The SMILES string of the molecule is CN1CCN(C)C(CN2CCCNC(C3CC3)C2)C1. The van der Waals surface area contributed by atoms with Crippen LogP contribution in [0.15, 0.2) is 0 Å². The van der Waals surface area contributed by atoms with Gasteiger partial charge >= 0.3 is 0 Å². The lowest BCUT2D eigenvalue weighted by Crippen LogP contribution is -2.55. The topological polar surface area (TPSA) is 21.8 Å². The largest absolute Gasteiger partial charge is 0.312 e. The third-order valence-corrected chi connectivity index (χ3v) is 5.15. The monoisotopic (exact) mass is 266 g/mol. The van der Waals surface area contributed by atoms with E-state index < -0.39 is 0 Å². The van der Waals surface area contributed by atoms with E-state index in [2.05, 4.69) is 34.1 Å². The lowest BCUT2D eigenvalue weighted by atomic mass is 10.1. The normalized spacial score (nSPS) is 36.3. The van der Waals surface area contributed by atoms with Crippen LogP contribution in [0.25, 0.3) is 0 Å². The van der Waals surface area contributed by atoms with Gasteiger partial charge in [-0.3, -0.25) is 4.90 Å². The molecule has 19 heavy (non-hydrogen) atoms. The van der Waals surface area contributed by atoms with E-state index >= 15 is 0 Å². The Hall–Kier alpha value is -0.160. The Balaban J connectivity index is 1.54. The number of likely N-dealkylation sites (N-methyl/N-ethyl adjacent to an activating group) is 2. The summed E-state index contributed by atoms with van der Waals surface area (Å²) in [7, 11) is 4.56. The zero-order chi connectivity index (χ0) is 13.2. The molecule has 2 unspecified atom stereocenters. The maximum absolute atomic E-state index is 3.77. The van der Waals surface area contributed by atoms with Crippen LogP contribution in [0.2, 0.25) is 0 Å². The van der Waals surface area contributed by atoms with Gasteiger partial charge in [0, 0.05) is 44.8 Å². The summed E-state index contributed by atoms with van der Waals surface area (Å²) in [5.41, 5.74) is 0. The van der Waals surface area contributed by atoms with Crippen LogP contribution in [-0.2, 0) is 0 Å². The first kappa shape index (κ1) is 13.8. The summed E-state index contributed by atoms with van der Waals surface area (Å²) < 4.78 is 0. The fourth-order valence-corrected chi connectivity index (χ4v) is 3.60. The van der Waals surface area contributed by atoms with Crippen molar-refractivity contribution in [1.29, 1.82) is 0 Å². The fraction of sp³-hybridized carbons (Fsp3) is 1.00. The molecule has 0 aromatic carbocycles. The molecular weight excluding hydrogens is 236 g/mol. The maximum Gasteiger partial charge on any atom is 0.0347 e. The van der Waals surface area contributed by atoms with Crippen LogP contribution in [0.4, 0.5) is 0 Å². The lowest BCUT2D eigenvalue weighted by molar-refractivity contribution is 0.0811. The Morgan fingerprint density at radius 2 is 1.89 bits per heavy atom. The van der Waals surface area contributed by atoms with E-state index in [1.165, 1.54) is 65.1 Å². The quantitative estimate of drug-likeness (QED) is 0.793. The van der Waals surface area contributed by atoms with E-state index in [-0.39, 0.29) is 0 Å². The van der Waals surface area contributed by atoms with Crippen molar-refractivity contribution in [1.82, 2.24) is 20.0 Å². The summed E-state index contributed by atoms with van der Waals surface area (Å²) in [5, 5.41) is 3.77. The van der Waals surface area contributed by atoms with Crippen molar-refractivity contribution < 1.29 is 0 Å². The first-order valence-corrected chi connectivity index (χ1v) is 8.07. The Bertz CT molecular complexity index is 292. The average molecular weight is 266 g/mol. The summed E-state index contributed by atoms with van der Waals surface area (Å²) in [6.07, 6.45) is 4.23. The summed E-state index contributed by atoms with van der Waals surface area (Å²) in [5.74, 6) is 0.979. The second kappa shape index (κ2) is 6.08. The highest BCUT2D eigenvalue weighted by atomic mass is 15.3. The van der Waals surface area contributed by atoms with Crippen LogP contribution >= 0.6 is 0 Å². The summed E-state index contributed by atoms with van der Waals surface area (Å²) in [4.78, 5) is 7.77. The molecule has 2 saturated heterocycles. The molecule has 0 bridgehead atoms. The molecule has 3 rings (SSSR count). The summed E-state index contributed by atoms with van der Waals surface area (Å²) >= 11 is 0. The smallest absolute Gasteiger partial charge is 0.0347 e. The molecule has 0 amide bonds. The van der Waals surface area contributed by atoms with Crippen molar-refractivity contribution in [3.8, 4) is 0 Å². The molecule has 3 aliphatic rings. The van der Waals surface area contributed by atoms with Gasteiger partial charge in [0.2, 0.25) is 0 Å². The van der Waals surface area contributed by atoms with E-state index in [1.807, 2.05) is 0 Å². The van der Waals surface area contributed by atoms with Crippen LogP contribution in [0.3, 0.4) is 0 Å². The second-order valence-corrected chi connectivity index (χ2v) is 6.91. The van der Waals surface area contributed by atoms with Crippen LogP contribution in [-0.4, -0.2) is 86.7 Å². The van der Waals surface area contributed by atoms with E-state index in [0.717, 1.165) is 18.0 Å². The Morgan fingerprint density at radius 3 is 2.68 bits per heavy atom. The van der Waals surface area contributed by atoms with Gasteiger partial charge in [-0.05, 0) is 52.4 Å². The maximum atomic E-state index is 3.77.